The fraction of sp³-hybridized carbons (Fsp3) is 0.407. The minimum atomic E-state index is -1.11. The van der Waals surface area contributed by atoms with Crippen molar-refractivity contribution in [2.45, 2.75) is 50.7 Å². The maximum Gasteiger partial charge on any atom is 0.130 e. The summed E-state index contributed by atoms with van der Waals surface area (Å²) < 4.78 is 27.0. The third kappa shape index (κ3) is 3.51. The van der Waals surface area contributed by atoms with Gasteiger partial charge in [0.1, 0.15) is 23.0 Å². The Morgan fingerprint density at radius 2 is 1.91 bits per heavy atom. The van der Waals surface area contributed by atoms with Crippen molar-refractivity contribution >= 4 is 5.70 Å². The van der Waals surface area contributed by atoms with Crippen molar-refractivity contribution in [1.82, 2.24) is 5.48 Å². The highest BCUT2D eigenvalue weighted by molar-refractivity contribution is 5.71. The van der Waals surface area contributed by atoms with E-state index in [1.165, 1.54) is 12.1 Å². The smallest absolute Gasteiger partial charge is 0.130 e. The number of phenols is 1. The number of phenolic OH excluding ortho intramolecular Hbond substituents is 1. The number of aliphatic hydroxyl groups is 1. The van der Waals surface area contributed by atoms with Gasteiger partial charge in [-0.05, 0) is 78.8 Å². The molecule has 2 fully saturated rings. The number of hydrogen-bond acceptors (Lipinski definition) is 4. The molecule has 5 atom stereocenters. The van der Waals surface area contributed by atoms with Gasteiger partial charge in [-0.1, -0.05) is 25.0 Å². The molecule has 3 N–H and O–H groups in total. The number of aromatic hydroxyl groups is 1. The lowest BCUT2D eigenvalue weighted by molar-refractivity contribution is -0.0551. The highest BCUT2D eigenvalue weighted by Gasteiger charge is 2.61. The molecule has 33 heavy (non-hydrogen) atoms. The minimum Gasteiger partial charge on any atom is -0.508 e. The number of halogens is 2. The van der Waals surface area contributed by atoms with Gasteiger partial charge in [0.25, 0.3) is 0 Å². The normalized spacial score (nSPS) is 32.2. The van der Waals surface area contributed by atoms with Gasteiger partial charge in [-0.2, -0.15) is 0 Å². The molecular weight excluding hydrogens is 424 g/mol. The van der Waals surface area contributed by atoms with Crippen LogP contribution in [0.25, 0.3) is 5.70 Å². The first-order chi connectivity index (χ1) is 15.7. The number of hydroxylamine groups is 1. The van der Waals surface area contributed by atoms with Crippen LogP contribution in [-0.4, -0.2) is 15.8 Å². The molecule has 0 aromatic heterocycles. The third-order valence-corrected chi connectivity index (χ3v) is 8.15. The number of fused-ring (bicyclic) bond motifs is 5. The van der Waals surface area contributed by atoms with Gasteiger partial charge in [-0.3, -0.25) is 10.3 Å². The largest absolute Gasteiger partial charge is 0.508 e. The summed E-state index contributed by atoms with van der Waals surface area (Å²) in [7, 11) is 0. The van der Waals surface area contributed by atoms with Gasteiger partial charge in [0.05, 0.1) is 12.3 Å². The predicted octanol–water partition coefficient (Wildman–Crippen LogP) is 5.02. The summed E-state index contributed by atoms with van der Waals surface area (Å²) in [6, 6.07) is 8.61. The van der Waals surface area contributed by atoms with E-state index in [2.05, 4.69) is 24.4 Å². The Morgan fingerprint density at radius 3 is 2.64 bits per heavy atom. The summed E-state index contributed by atoms with van der Waals surface area (Å²) in [5.41, 5.74) is 4.48. The van der Waals surface area contributed by atoms with Crippen LogP contribution in [-0.2, 0) is 11.4 Å². The topological polar surface area (TPSA) is 61.7 Å². The van der Waals surface area contributed by atoms with E-state index in [1.807, 2.05) is 6.07 Å². The highest BCUT2D eigenvalue weighted by Crippen LogP contribution is 2.63. The number of rotatable bonds is 4. The number of benzene rings is 2. The van der Waals surface area contributed by atoms with E-state index in [4.69, 9.17) is 11.3 Å². The summed E-state index contributed by atoms with van der Waals surface area (Å²) in [5.74, 6) is 2.10. The quantitative estimate of drug-likeness (QED) is 0.451. The molecule has 0 radical (unpaired) electrons. The van der Waals surface area contributed by atoms with Crippen molar-refractivity contribution in [2.24, 2.45) is 17.3 Å². The fourth-order valence-electron chi connectivity index (χ4n) is 6.41. The zero-order valence-corrected chi connectivity index (χ0v) is 18.4. The van der Waals surface area contributed by atoms with Crippen molar-refractivity contribution in [2.75, 3.05) is 0 Å². The summed E-state index contributed by atoms with van der Waals surface area (Å²) >= 11 is 0. The second kappa shape index (κ2) is 7.86. The molecule has 0 aliphatic heterocycles. The molecule has 0 amide bonds. The fourth-order valence-corrected chi connectivity index (χ4v) is 6.41. The van der Waals surface area contributed by atoms with Crippen LogP contribution >= 0.6 is 0 Å². The van der Waals surface area contributed by atoms with Crippen LogP contribution in [0.1, 0.15) is 55.2 Å². The van der Waals surface area contributed by atoms with E-state index in [0.29, 0.717) is 17.7 Å². The van der Waals surface area contributed by atoms with Gasteiger partial charge < -0.3 is 10.2 Å². The van der Waals surface area contributed by atoms with E-state index in [-0.39, 0.29) is 35.5 Å². The minimum absolute atomic E-state index is 0.0355. The summed E-state index contributed by atoms with van der Waals surface area (Å²) in [6.45, 7) is 2.06. The number of allylic oxidation sites excluding steroid dienone is 1. The van der Waals surface area contributed by atoms with Crippen molar-refractivity contribution in [1.29, 1.82) is 0 Å². The Bertz CT molecular complexity index is 1150. The molecule has 172 valence electrons. The van der Waals surface area contributed by atoms with E-state index >= 15 is 0 Å². The molecule has 3 aliphatic carbocycles. The number of hydrogen-bond donors (Lipinski definition) is 3. The second-order valence-corrected chi connectivity index (χ2v) is 9.81. The molecule has 2 aromatic carbocycles. The first-order valence-electron chi connectivity index (χ1n) is 11.3. The first-order valence-corrected chi connectivity index (χ1v) is 11.3. The molecule has 5 rings (SSSR count). The molecule has 0 heterocycles. The standard InChI is InChI=1S/C27H27F2NO3/c1-3-27(32)9-7-24-22-14-25(30-33-15-16-10-17(28)12-18(29)11-16)23-13-19(31)4-5-20(23)21(22)6-8-26(24,27)2/h1,4-5,10-14,21-22,24,30-32H,6-9,15H2,2H3/t21-,22-,24+,26+,27+/m1/s1. The monoisotopic (exact) mass is 451 g/mol. The zero-order valence-electron chi connectivity index (χ0n) is 18.4. The van der Waals surface area contributed by atoms with Crippen LogP contribution in [0.2, 0.25) is 0 Å². The van der Waals surface area contributed by atoms with Crippen LogP contribution in [0, 0.1) is 41.2 Å². The Kier molecular flexibility index (Phi) is 5.23. The molecule has 0 unspecified atom stereocenters. The molecule has 2 aromatic rings. The van der Waals surface area contributed by atoms with Crippen LogP contribution in [0.4, 0.5) is 8.78 Å². The maximum absolute atomic E-state index is 13.5. The third-order valence-electron chi connectivity index (χ3n) is 8.15. The maximum atomic E-state index is 13.5. The lowest BCUT2D eigenvalue weighted by atomic mass is 9.54. The lowest BCUT2D eigenvalue weighted by Gasteiger charge is -2.51. The van der Waals surface area contributed by atoms with Crippen molar-refractivity contribution < 1.29 is 23.8 Å². The summed E-state index contributed by atoms with van der Waals surface area (Å²) in [5, 5.41) is 21.3. The molecule has 0 bridgehead atoms. The van der Waals surface area contributed by atoms with Crippen molar-refractivity contribution in [3.63, 3.8) is 0 Å². The predicted molar refractivity (Wildman–Crippen MR) is 120 cm³/mol. The van der Waals surface area contributed by atoms with Gasteiger partial charge in [0.15, 0.2) is 0 Å². The van der Waals surface area contributed by atoms with Crippen molar-refractivity contribution in [3.05, 3.63) is 70.8 Å². The summed E-state index contributed by atoms with van der Waals surface area (Å²) in [4.78, 5) is 5.63. The molecule has 2 saturated carbocycles. The number of nitrogens with one attached hydrogen (secondary N) is 1. The van der Waals surface area contributed by atoms with Gasteiger partial charge in [-0.15, -0.1) is 6.42 Å². The van der Waals surface area contributed by atoms with E-state index in [0.717, 1.165) is 36.5 Å². The zero-order chi connectivity index (χ0) is 23.4. The molecule has 3 aliphatic rings. The second-order valence-electron chi connectivity index (χ2n) is 9.81. The summed E-state index contributed by atoms with van der Waals surface area (Å²) in [6.07, 6.45) is 11.0. The average molecular weight is 452 g/mol. The van der Waals surface area contributed by atoms with Crippen molar-refractivity contribution in [3.8, 4) is 18.1 Å². The van der Waals surface area contributed by atoms with Gasteiger partial charge in [0, 0.05) is 17.0 Å². The van der Waals surface area contributed by atoms with Crippen LogP contribution in [0.5, 0.6) is 5.75 Å². The average Bonchev–Trinajstić information content (AvgIpc) is 3.04. The van der Waals surface area contributed by atoms with Gasteiger partial charge in [-0.25, -0.2) is 8.78 Å². The molecule has 4 nitrogen and oxygen atoms in total. The Hall–Kier alpha value is -2.88. The Balaban J connectivity index is 1.45. The van der Waals surface area contributed by atoms with Crippen LogP contribution in [0.3, 0.4) is 0 Å². The Labute approximate surface area is 192 Å². The molecule has 0 saturated heterocycles. The van der Waals surface area contributed by atoms with E-state index < -0.39 is 17.2 Å². The molecule has 6 heteroatoms. The SMILES string of the molecule is C#C[C@]1(O)CC[C@H]2[C@@H]3C=C(NOCc4cc(F)cc(F)c4)c4cc(O)ccc4[C@H]3CC[C@@]21C. The highest BCUT2D eigenvalue weighted by atomic mass is 19.1. The van der Waals surface area contributed by atoms with Gasteiger partial charge in [0.2, 0.25) is 0 Å². The van der Waals surface area contributed by atoms with Crippen LogP contribution < -0.4 is 5.48 Å². The molecule has 0 spiro atoms. The Morgan fingerprint density at radius 1 is 1.15 bits per heavy atom. The lowest BCUT2D eigenvalue weighted by Crippen LogP contribution is -2.49. The van der Waals surface area contributed by atoms with E-state index in [9.17, 15) is 19.0 Å². The van der Waals surface area contributed by atoms with Gasteiger partial charge >= 0.3 is 0 Å². The first kappa shape index (κ1) is 21.9. The number of terminal acetylenes is 1. The van der Waals surface area contributed by atoms with E-state index in [1.54, 1.807) is 12.1 Å². The van der Waals surface area contributed by atoms with Crippen LogP contribution in [0.15, 0.2) is 42.5 Å². The molecular formula is C27H27F2NO3.